The SMILES string of the molecule is CN(CC(=O)Nc1ccccc1Cl)[C@H](C(=O)c1c[nH]c2ccccc12)c1ccccc1. The van der Waals surface area contributed by atoms with Gasteiger partial charge < -0.3 is 10.3 Å². The van der Waals surface area contributed by atoms with E-state index in [4.69, 9.17) is 11.6 Å². The molecule has 6 heteroatoms. The molecule has 0 unspecified atom stereocenters. The van der Waals surface area contributed by atoms with Crippen LogP contribution in [0.5, 0.6) is 0 Å². The number of amides is 1. The number of fused-ring (bicyclic) bond motifs is 1. The molecule has 0 saturated carbocycles. The number of para-hydroxylation sites is 2. The van der Waals surface area contributed by atoms with Gasteiger partial charge in [-0.05, 0) is 30.8 Å². The van der Waals surface area contributed by atoms with Crippen LogP contribution in [0.1, 0.15) is 22.0 Å². The van der Waals surface area contributed by atoms with Gasteiger partial charge in [0.15, 0.2) is 5.78 Å². The smallest absolute Gasteiger partial charge is 0.238 e. The standard InChI is InChI=1S/C25H22ClN3O2/c1-29(16-23(30)28-22-14-8-6-12-20(22)26)24(17-9-3-2-4-10-17)25(31)19-15-27-21-13-7-5-11-18(19)21/h2-15,24,27H,16H2,1H3,(H,28,30)/t24-/m0/s1. The molecular weight excluding hydrogens is 410 g/mol. The van der Waals surface area contributed by atoms with Crippen molar-refractivity contribution < 1.29 is 9.59 Å². The molecule has 2 N–H and O–H groups in total. The van der Waals surface area contributed by atoms with Crippen molar-refractivity contribution in [1.82, 2.24) is 9.88 Å². The number of aromatic nitrogens is 1. The highest BCUT2D eigenvalue weighted by Gasteiger charge is 2.29. The minimum Gasteiger partial charge on any atom is -0.360 e. The van der Waals surface area contributed by atoms with Crippen LogP contribution < -0.4 is 5.32 Å². The number of anilines is 1. The molecule has 156 valence electrons. The Balaban J connectivity index is 1.61. The Hall–Kier alpha value is -3.41. The van der Waals surface area contributed by atoms with Crippen LogP contribution in [0.25, 0.3) is 10.9 Å². The van der Waals surface area contributed by atoms with E-state index in [0.29, 0.717) is 16.3 Å². The number of halogens is 1. The van der Waals surface area contributed by atoms with Gasteiger partial charge in [0.1, 0.15) is 0 Å². The number of ketones is 1. The van der Waals surface area contributed by atoms with Gasteiger partial charge in [-0.15, -0.1) is 0 Å². The number of benzene rings is 3. The number of H-pyrrole nitrogens is 1. The van der Waals surface area contributed by atoms with Crippen LogP contribution in [-0.2, 0) is 4.79 Å². The lowest BCUT2D eigenvalue weighted by molar-refractivity contribution is -0.117. The molecule has 0 aliphatic carbocycles. The normalized spacial score (nSPS) is 12.1. The van der Waals surface area contributed by atoms with Crippen LogP contribution in [0.2, 0.25) is 5.02 Å². The third kappa shape index (κ3) is 4.53. The first-order valence-corrected chi connectivity index (χ1v) is 10.3. The maximum absolute atomic E-state index is 13.6. The summed E-state index contributed by atoms with van der Waals surface area (Å²) in [5.41, 5.74) is 2.87. The summed E-state index contributed by atoms with van der Waals surface area (Å²) in [4.78, 5) is 31.3. The quantitative estimate of drug-likeness (QED) is 0.389. The number of rotatable bonds is 7. The van der Waals surface area contributed by atoms with Crippen molar-refractivity contribution in [2.24, 2.45) is 0 Å². The maximum atomic E-state index is 13.6. The van der Waals surface area contributed by atoms with Crippen LogP contribution >= 0.6 is 11.6 Å². The third-order valence-corrected chi connectivity index (χ3v) is 5.53. The van der Waals surface area contributed by atoms with Gasteiger partial charge in [-0.1, -0.05) is 72.3 Å². The highest BCUT2D eigenvalue weighted by molar-refractivity contribution is 6.33. The second-order valence-electron chi connectivity index (χ2n) is 7.37. The average molecular weight is 432 g/mol. The molecule has 0 spiro atoms. The Labute approximate surface area is 185 Å². The van der Waals surface area contributed by atoms with Gasteiger partial charge >= 0.3 is 0 Å². The van der Waals surface area contributed by atoms with Crippen molar-refractivity contribution in [2.45, 2.75) is 6.04 Å². The maximum Gasteiger partial charge on any atom is 0.238 e. The van der Waals surface area contributed by atoms with E-state index in [-0.39, 0.29) is 18.2 Å². The molecule has 1 amide bonds. The number of carbonyl (C=O) groups is 2. The number of hydrogen-bond donors (Lipinski definition) is 2. The minimum atomic E-state index is -0.614. The predicted molar refractivity (Wildman–Crippen MR) is 125 cm³/mol. The molecule has 1 heterocycles. The van der Waals surface area contributed by atoms with E-state index in [9.17, 15) is 9.59 Å². The summed E-state index contributed by atoms with van der Waals surface area (Å²) in [6.07, 6.45) is 1.74. The first-order chi connectivity index (χ1) is 15.0. The van der Waals surface area contributed by atoms with Crippen molar-refractivity contribution in [1.29, 1.82) is 0 Å². The molecule has 0 fully saturated rings. The van der Waals surface area contributed by atoms with Gasteiger partial charge in [0, 0.05) is 22.7 Å². The van der Waals surface area contributed by atoms with Gasteiger partial charge in [0.05, 0.1) is 23.3 Å². The van der Waals surface area contributed by atoms with Crippen LogP contribution in [0.4, 0.5) is 5.69 Å². The Morgan fingerprint density at radius 1 is 0.968 bits per heavy atom. The number of carbonyl (C=O) groups excluding carboxylic acids is 2. The van der Waals surface area contributed by atoms with Crippen LogP contribution in [0.15, 0.2) is 85.1 Å². The average Bonchev–Trinajstić information content (AvgIpc) is 3.20. The van der Waals surface area contributed by atoms with Crippen molar-refractivity contribution in [2.75, 3.05) is 18.9 Å². The topological polar surface area (TPSA) is 65.2 Å². The van der Waals surface area contributed by atoms with Crippen LogP contribution in [-0.4, -0.2) is 35.2 Å². The van der Waals surface area contributed by atoms with Gasteiger partial charge in [-0.2, -0.15) is 0 Å². The van der Waals surface area contributed by atoms with Crippen molar-refractivity contribution in [3.63, 3.8) is 0 Å². The first-order valence-electron chi connectivity index (χ1n) is 9.94. The molecule has 31 heavy (non-hydrogen) atoms. The van der Waals surface area contributed by atoms with E-state index in [1.165, 1.54) is 0 Å². The summed E-state index contributed by atoms with van der Waals surface area (Å²) in [6.45, 7) is 0.0267. The van der Waals surface area contributed by atoms with Gasteiger partial charge in [0.25, 0.3) is 0 Å². The highest BCUT2D eigenvalue weighted by atomic mass is 35.5. The lowest BCUT2D eigenvalue weighted by Crippen LogP contribution is -2.37. The molecule has 1 aromatic heterocycles. The zero-order chi connectivity index (χ0) is 21.8. The molecule has 0 aliphatic rings. The monoisotopic (exact) mass is 431 g/mol. The third-order valence-electron chi connectivity index (χ3n) is 5.20. The number of hydrogen-bond acceptors (Lipinski definition) is 3. The molecule has 3 aromatic carbocycles. The molecule has 0 bridgehead atoms. The molecule has 0 saturated heterocycles. The highest BCUT2D eigenvalue weighted by Crippen LogP contribution is 2.28. The second-order valence-corrected chi connectivity index (χ2v) is 7.78. The minimum absolute atomic E-state index is 0.0267. The summed E-state index contributed by atoms with van der Waals surface area (Å²) in [6, 6.07) is 23.6. The van der Waals surface area contributed by atoms with Gasteiger partial charge in [-0.3, -0.25) is 14.5 Å². The van der Waals surface area contributed by atoms with E-state index >= 15 is 0 Å². The summed E-state index contributed by atoms with van der Waals surface area (Å²) < 4.78 is 0. The van der Waals surface area contributed by atoms with Crippen molar-refractivity contribution in [3.8, 4) is 0 Å². The predicted octanol–water partition coefficient (Wildman–Crippen LogP) is 5.32. The van der Waals surface area contributed by atoms with E-state index < -0.39 is 6.04 Å². The van der Waals surface area contributed by atoms with E-state index in [2.05, 4.69) is 10.3 Å². The summed E-state index contributed by atoms with van der Waals surface area (Å²) >= 11 is 6.15. The van der Waals surface area contributed by atoms with Crippen molar-refractivity contribution in [3.05, 3.63) is 101 Å². The number of Topliss-reactive ketones (excluding diaryl/α,β-unsaturated/α-hetero) is 1. The van der Waals surface area contributed by atoms with E-state index in [1.54, 1.807) is 42.4 Å². The number of aromatic amines is 1. The molecule has 5 nitrogen and oxygen atoms in total. The number of nitrogens with one attached hydrogen (secondary N) is 2. The second kappa shape index (κ2) is 9.16. The zero-order valence-corrected chi connectivity index (χ0v) is 17.8. The van der Waals surface area contributed by atoms with Crippen LogP contribution in [0, 0.1) is 0 Å². The number of likely N-dealkylation sites (N-methyl/N-ethyl adjacent to an activating group) is 1. The van der Waals surface area contributed by atoms with E-state index in [1.807, 2.05) is 54.6 Å². The summed E-state index contributed by atoms with van der Waals surface area (Å²) in [5.74, 6) is -0.319. The van der Waals surface area contributed by atoms with Crippen LogP contribution in [0.3, 0.4) is 0 Å². The Bertz CT molecular complexity index is 1220. The van der Waals surface area contributed by atoms with Gasteiger partial charge in [0.2, 0.25) is 5.91 Å². The fraction of sp³-hybridized carbons (Fsp3) is 0.120. The Morgan fingerprint density at radius 2 is 1.65 bits per heavy atom. The largest absolute Gasteiger partial charge is 0.360 e. The fourth-order valence-corrected chi connectivity index (χ4v) is 3.92. The molecule has 4 aromatic rings. The molecule has 1 atom stereocenters. The fourth-order valence-electron chi connectivity index (χ4n) is 3.73. The Kier molecular flexibility index (Phi) is 6.16. The summed E-state index contributed by atoms with van der Waals surface area (Å²) in [5, 5.41) is 4.15. The van der Waals surface area contributed by atoms with E-state index in [0.717, 1.165) is 16.5 Å². The summed E-state index contributed by atoms with van der Waals surface area (Å²) in [7, 11) is 1.77. The molecule has 0 aliphatic heterocycles. The molecule has 0 radical (unpaired) electrons. The lowest BCUT2D eigenvalue weighted by atomic mass is 9.96. The molecule has 4 rings (SSSR count). The zero-order valence-electron chi connectivity index (χ0n) is 17.0. The Morgan fingerprint density at radius 3 is 2.42 bits per heavy atom. The molecular formula is C25H22ClN3O2. The first kappa shape index (κ1) is 20.8. The van der Waals surface area contributed by atoms with Gasteiger partial charge in [-0.25, -0.2) is 0 Å². The number of nitrogens with zero attached hydrogens (tertiary/aromatic N) is 1. The van der Waals surface area contributed by atoms with Crippen molar-refractivity contribution >= 4 is 39.9 Å². The lowest BCUT2D eigenvalue weighted by Gasteiger charge is -2.27.